The molecule has 0 unspecified atom stereocenters. The molecular weight excluding hydrogens is 266 g/mol. The molecule has 98 valence electrons. The number of carbonyl (C=O) groups excluding carboxylic acids is 1. The number of nitrogens with two attached hydrogens (primary N) is 1. The molecule has 1 aromatic heterocycles. The minimum absolute atomic E-state index is 0.115. The van der Waals surface area contributed by atoms with Crippen molar-refractivity contribution in [3.8, 4) is 0 Å². The number of hydrogen-bond acceptors (Lipinski definition) is 5. The number of carboxylic acid groups (broad SMARTS) is 1. The fourth-order valence-corrected chi connectivity index (χ4v) is 2.07. The Morgan fingerprint density at radius 1 is 1.32 bits per heavy atom. The van der Waals surface area contributed by atoms with Crippen molar-refractivity contribution in [3.63, 3.8) is 0 Å². The van der Waals surface area contributed by atoms with Gasteiger partial charge >= 0.3 is 5.97 Å². The van der Waals surface area contributed by atoms with Crippen LogP contribution in [0.3, 0.4) is 0 Å². The summed E-state index contributed by atoms with van der Waals surface area (Å²) in [6.07, 6.45) is 0. The van der Waals surface area contributed by atoms with Gasteiger partial charge in [-0.05, 0) is 5.56 Å². The number of nitrogen functional groups attached to an aromatic ring is 1. The van der Waals surface area contributed by atoms with Gasteiger partial charge in [-0.3, -0.25) is 4.79 Å². The zero-order chi connectivity index (χ0) is 13.8. The number of carboxylic acids is 1. The summed E-state index contributed by atoms with van der Waals surface area (Å²) in [7, 11) is 0. The van der Waals surface area contributed by atoms with E-state index in [4.69, 9.17) is 5.73 Å². The number of benzene rings is 1. The molecule has 1 heterocycles. The number of nitrogens with zero attached hydrogens (tertiary/aromatic N) is 1. The van der Waals surface area contributed by atoms with Crippen molar-refractivity contribution in [1.29, 1.82) is 0 Å². The second-order valence-corrected chi connectivity index (χ2v) is 4.62. The van der Waals surface area contributed by atoms with E-state index in [-0.39, 0.29) is 10.8 Å². The minimum atomic E-state index is -1.14. The summed E-state index contributed by atoms with van der Waals surface area (Å²) in [4.78, 5) is 26.9. The van der Waals surface area contributed by atoms with Crippen LogP contribution < -0.4 is 11.1 Å². The molecule has 0 spiro atoms. The fourth-order valence-electron chi connectivity index (χ4n) is 1.53. The lowest BCUT2D eigenvalue weighted by molar-refractivity contribution is -0.139. The van der Waals surface area contributed by atoms with Gasteiger partial charge in [0.25, 0.3) is 5.91 Å². The molecule has 6 nitrogen and oxygen atoms in total. The van der Waals surface area contributed by atoms with Gasteiger partial charge in [-0.15, -0.1) is 11.3 Å². The maximum absolute atomic E-state index is 11.9. The molecule has 0 aliphatic carbocycles. The van der Waals surface area contributed by atoms with Gasteiger partial charge in [-0.1, -0.05) is 30.3 Å². The van der Waals surface area contributed by atoms with Gasteiger partial charge in [-0.2, -0.15) is 0 Å². The number of aromatic nitrogens is 1. The van der Waals surface area contributed by atoms with Crippen LogP contribution in [0.15, 0.2) is 35.7 Å². The lowest BCUT2D eigenvalue weighted by Gasteiger charge is -2.13. The lowest BCUT2D eigenvalue weighted by Crippen LogP contribution is -2.33. The van der Waals surface area contributed by atoms with E-state index in [1.54, 1.807) is 30.3 Å². The Balaban J connectivity index is 2.18. The van der Waals surface area contributed by atoms with Crippen LogP contribution in [-0.4, -0.2) is 22.0 Å². The Hall–Kier alpha value is -2.41. The van der Waals surface area contributed by atoms with E-state index in [2.05, 4.69) is 10.3 Å². The van der Waals surface area contributed by atoms with E-state index >= 15 is 0 Å². The molecule has 19 heavy (non-hydrogen) atoms. The first-order valence-electron chi connectivity index (χ1n) is 5.37. The maximum Gasteiger partial charge on any atom is 0.330 e. The van der Waals surface area contributed by atoms with E-state index in [1.807, 2.05) is 0 Å². The normalized spacial score (nSPS) is 11.8. The number of rotatable bonds is 4. The molecule has 7 heteroatoms. The van der Waals surface area contributed by atoms with Crippen molar-refractivity contribution in [3.05, 3.63) is 47.0 Å². The van der Waals surface area contributed by atoms with E-state index in [9.17, 15) is 14.7 Å². The molecule has 1 amide bonds. The quantitative estimate of drug-likeness (QED) is 0.780. The molecule has 0 saturated heterocycles. The second-order valence-electron chi connectivity index (χ2n) is 3.73. The smallest absolute Gasteiger partial charge is 0.330 e. The Morgan fingerprint density at radius 3 is 2.53 bits per heavy atom. The molecule has 0 aliphatic rings. The first kappa shape index (κ1) is 13.0. The van der Waals surface area contributed by atoms with Crippen molar-refractivity contribution >= 4 is 28.3 Å². The third-order valence-corrected chi connectivity index (χ3v) is 3.08. The molecule has 1 atom stereocenters. The average molecular weight is 277 g/mol. The highest BCUT2D eigenvalue weighted by Gasteiger charge is 2.23. The number of thiazole rings is 1. The molecule has 0 saturated carbocycles. The van der Waals surface area contributed by atoms with Crippen LogP contribution in [0.4, 0.5) is 5.13 Å². The maximum atomic E-state index is 11.9. The third-order valence-electron chi connectivity index (χ3n) is 2.41. The number of hydrogen-bond donors (Lipinski definition) is 3. The Kier molecular flexibility index (Phi) is 3.76. The lowest BCUT2D eigenvalue weighted by atomic mass is 10.1. The van der Waals surface area contributed by atoms with Gasteiger partial charge in [0.05, 0.1) is 0 Å². The summed E-state index contributed by atoms with van der Waals surface area (Å²) in [5.74, 6) is -1.70. The zero-order valence-electron chi connectivity index (χ0n) is 9.74. The van der Waals surface area contributed by atoms with Gasteiger partial charge in [0.1, 0.15) is 5.69 Å². The van der Waals surface area contributed by atoms with Gasteiger partial charge in [0.15, 0.2) is 11.2 Å². The number of carbonyl (C=O) groups is 2. The minimum Gasteiger partial charge on any atom is -0.479 e. The topological polar surface area (TPSA) is 105 Å². The van der Waals surface area contributed by atoms with Crippen LogP contribution >= 0.6 is 11.3 Å². The first-order valence-corrected chi connectivity index (χ1v) is 6.25. The predicted molar refractivity (Wildman–Crippen MR) is 70.8 cm³/mol. The summed E-state index contributed by atoms with van der Waals surface area (Å²) in [5, 5.41) is 13.3. The summed E-state index contributed by atoms with van der Waals surface area (Å²) >= 11 is 1.12. The highest BCUT2D eigenvalue weighted by atomic mass is 32.1. The van der Waals surface area contributed by atoms with Crippen molar-refractivity contribution in [2.24, 2.45) is 0 Å². The number of aliphatic carboxylic acids is 1. The Labute approximate surface area is 112 Å². The molecule has 0 bridgehead atoms. The number of anilines is 1. The Morgan fingerprint density at radius 2 is 2.00 bits per heavy atom. The van der Waals surface area contributed by atoms with Crippen LogP contribution in [0.1, 0.15) is 22.1 Å². The average Bonchev–Trinajstić information content (AvgIpc) is 2.83. The standard InChI is InChI=1S/C12H11N3O3S/c13-12-14-8(6-19-12)10(16)15-9(11(17)18)7-4-2-1-3-5-7/h1-6,9H,(H2,13,14)(H,15,16)(H,17,18)/t9-/m0/s1. The van der Waals surface area contributed by atoms with Crippen molar-refractivity contribution < 1.29 is 14.7 Å². The van der Waals surface area contributed by atoms with Crippen LogP contribution in [0.5, 0.6) is 0 Å². The summed E-state index contributed by atoms with van der Waals surface area (Å²) in [6.45, 7) is 0. The molecule has 0 radical (unpaired) electrons. The van der Waals surface area contributed by atoms with Gasteiger partial charge in [0.2, 0.25) is 0 Å². The first-order chi connectivity index (χ1) is 9.08. The predicted octanol–water partition coefficient (Wildman–Crippen LogP) is 1.28. The molecular formula is C12H11N3O3S. The van der Waals surface area contributed by atoms with Crippen molar-refractivity contribution in [2.45, 2.75) is 6.04 Å². The second kappa shape index (κ2) is 5.49. The molecule has 4 N–H and O–H groups in total. The van der Waals surface area contributed by atoms with E-state index < -0.39 is 17.9 Å². The van der Waals surface area contributed by atoms with Crippen LogP contribution in [0, 0.1) is 0 Å². The Bertz CT molecular complexity index is 597. The summed E-state index contributed by atoms with van der Waals surface area (Å²) in [6, 6.07) is 7.33. The van der Waals surface area contributed by atoms with Gasteiger partial charge in [0, 0.05) is 5.38 Å². The van der Waals surface area contributed by atoms with E-state index in [0.29, 0.717) is 5.56 Å². The SMILES string of the molecule is Nc1nc(C(=O)N[C@H](C(=O)O)c2ccccc2)cs1. The molecule has 0 aliphatic heterocycles. The molecule has 0 fully saturated rings. The third kappa shape index (κ3) is 3.08. The van der Waals surface area contributed by atoms with Crippen LogP contribution in [-0.2, 0) is 4.79 Å². The highest BCUT2D eigenvalue weighted by molar-refractivity contribution is 7.13. The van der Waals surface area contributed by atoms with Crippen LogP contribution in [0.25, 0.3) is 0 Å². The van der Waals surface area contributed by atoms with Gasteiger partial charge in [-0.25, -0.2) is 9.78 Å². The molecule has 2 rings (SSSR count). The monoisotopic (exact) mass is 277 g/mol. The molecule has 2 aromatic rings. The summed E-state index contributed by atoms with van der Waals surface area (Å²) in [5.41, 5.74) is 6.04. The van der Waals surface area contributed by atoms with Crippen molar-refractivity contribution in [1.82, 2.24) is 10.3 Å². The van der Waals surface area contributed by atoms with Crippen molar-refractivity contribution in [2.75, 3.05) is 5.73 Å². The largest absolute Gasteiger partial charge is 0.479 e. The number of nitrogens with one attached hydrogen (secondary N) is 1. The fraction of sp³-hybridized carbons (Fsp3) is 0.0833. The number of amides is 1. The van der Waals surface area contributed by atoms with Gasteiger partial charge < -0.3 is 16.2 Å². The summed E-state index contributed by atoms with van der Waals surface area (Å²) < 4.78 is 0. The highest BCUT2D eigenvalue weighted by Crippen LogP contribution is 2.15. The van der Waals surface area contributed by atoms with Crippen LogP contribution in [0.2, 0.25) is 0 Å². The zero-order valence-corrected chi connectivity index (χ0v) is 10.6. The van der Waals surface area contributed by atoms with E-state index in [1.165, 1.54) is 5.38 Å². The van der Waals surface area contributed by atoms with E-state index in [0.717, 1.165) is 11.3 Å². The molecule has 1 aromatic carbocycles.